The predicted octanol–water partition coefficient (Wildman–Crippen LogP) is 1.99. The van der Waals surface area contributed by atoms with Crippen LogP contribution >= 0.6 is 11.3 Å². The first kappa shape index (κ1) is 16.0. The molecule has 2 unspecified atom stereocenters. The molecule has 2 rings (SSSR count). The lowest BCUT2D eigenvalue weighted by Gasteiger charge is -2.51. The number of hydrogen-bond acceptors (Lipinski definition) is 4. The van der Waals surface area contributed by atoms with E-state index in [-0.39, 0.29) is 23.5 Å². The summed E-state index contributed by atoms with van der Waals surface area (Å²) in [5, 5.41) is 4.93. The Kier molecular flexibility index (Phi) is 5.04. The minimum absolute atomic E-state index is 0.0239. The molecule has 1 fully saturated rings. The molecule has 1 aromatic rings. The molecule has 2 atom stereocenters. The summed E-state index contributed by atoms with van der Waals surface area (Å²) in [6, 6.07) is 1.97. The Labute approximate surface area is 130 Å². The largest absolute Gasteiger partial charge is 0.378 e. The van der Waals surface area contributed by atoms with Gasteiger partial charge in [-0.05, 0) is 19.4 Å². The van der Waals surface area contributed by atoms with Crippen LogP contribution in [0.15, 0.2) is 11.4 Å². The first-order valence-electron chi connectivity index (χ1n) is 7.19. The van der Waals surface area contributed by atoms with E-state index in [1.165, 1.54) is 11.3 Å². The first-order valence-corrected chi connectivity index (χ1v) is 8.07. The standard InChI is InChI=1S/C16H22N2O2S/c1-4-20-14-9-13(16(14,2)3)18-15(19)11-8-12(21-10-11)6-5-7-17/h8,10,13-14H,4,7,9,17H2,1-3H3,(H,18,19). The van der Waals surface area contributed by atoms with Gasteiger partial charge in [0.25, 0.3) is 5.91 Å². The van der Waals surface area contributed by atoms with Gasteiger partial charge < -0.3 is 15.8 Å². The van der Waals surface area contributed by atoms with Crippen molar-refractivity contribution in [1.29, 1.82) is 0 Å². The minimum atomic E-state index is -0.0416. The molecule has 1 aliphatic rings. The normalized spacial score (nSPS) is 22.9. The summed E-state index contributed by atoms with van der Waals surface area (Å²) in [7, 11) is 0. The van der Waals surface area contributed by atoms with E-state index in [9.17, 15) is 4.79 Å². The third kappa shape index (κ3) is 3.46. The Hall–Kier alpha value is -1.35. The maximum atomic E-state index is 12.3. The average molecular weight is 306 g/mol. The van der Waals surface area contributed by atoms with Crippen LogP contribution in [0.1, 0.15) is 42.4 Å². The van der Waals surface area contributed by atoms with Crippen LogP contribution in [0.2, 0.25) is 0 Å². The number of rotatable bonds is 4. The van der Waals surface area contributed by atoms with Crippen molar-refractivity contribution in [2.45, 2.75) is 39.3 Å². The zero-order chi connectivity index (χ0) is 15.5. The van der Waals surface area contributed by atoms with Crippen molar-refractivity contribution < 1.29 is 9.53 Å². The summed E-state index contributed by atoms with van der Waals surface area (Å²) in [4.78, 5) is 13.1. The minimum Gasteiger partial charge on any atom is -0.378 e. The highest BCUT2D eigenvalue weighted by atomic mass is 32.1. The Bertz CT molecular complexity index is 568. The number of nitrogens with one attached hydrogen (secondary N) is 1. The first-order chi connectivity index (χ1) is 9.98. The molecule has 1 saturated carbocycles. The van der Waals surface area contributed by atoms with Crippen LogP contribution in [0.5, 0.6) is 0 Å². The van der Waals surface area contributed by atoms with E-state index in [1.54, 1.807) is 0 Å². The summed E-state index contributed by atoms with van der Waals surface area (Å²) in [5.74, 6) is 5.70. The van der Waals surface area contributed by atoms with Gasteiger partial charge in [0, 0.05) is 23.4 Å². The summed E-state index contributed by atoms with van der Waals surface area (Å²) in [6.07, 6.45) is 1.09. The molecule has 21 heavy (non-hydrogen) atoms. The molecule has 0 spiro atoms. The van der Waals surface area contributed by atoms with E-state index < -0.39 is 0 Å². The third-order valence-electron chi connectivity index (χ3n) is 4.03. The number of carbonyl (C=O) groups excluding carboxylic acids is 1. The van der Waals surface area contributed by atoms with Gasteiger partial charge in [0.15, 0.2) is 0 Å². The van der Waals surface area contributed by atoms with Gasteiger partial charge >= 0.3 is 0 Å². The maximum absolute atomic E-state index is 12.3. The van der Waals surface area contributed by atoms with E-state index in [4.69, 9.17) is 10.5 Å². The van der Waals surface area contributed by atoms with Gasteiger partial charge in [-0.25, -0.2) is 0 Å². The molecule has 0 aliphatic heterocycles. The maximum Gasteiger partial charge on any atom is 0.252 e. The number of hydrogen-bond donors (Lipinski definition) is 2. The van der Waals surface area contributed by atoms with Crippen molar-refractivity contribution in [2.24, 2.45) is 11.1 Å². The Morgan fingerprint density at radius 3 is 3.00 bits per heavy atom. The van der Waals surface area contributed by atoms with Gasteiger partial charge in [-0.3, -0.25) is 4.79 Å². The van der Waals surface area contributed by atoms with Gasteiger partial charge in [0.1, 0.15) is 0 Å². The van der Waals surface area contributed by atoms with E-state index in [0.29, 0.717) is 18.7 Å². The molecule has 5 heteroatoms. The van der Waals surface area contributed by atoms with Crippen molar-refractivity contribution in [2.75, 3.05) is 13.2 Å². The quantitative estimate of drug-likeness (QED) is 0.836. The average Bonchev–Trinajstić information content (AvgIpc) is 2.92. The molecule has 0 saturated heterocycles. The topological polar surface area (TPSA) is 64.3 Å². The zero-order valence-electron chi connectivity index (χ0n) is 12.7. The van der Waals surface area contributed by atoms with Crippen LogP contribution in [0.3, 0.4) is 0 Å². The van der Waals surface area contributed by atoms with Crippen LogP contribution < -0.4 is 11.1 Å². The molecule has 1 aromatic heterocycles. The van der Waals surface area contributed by atoms with E-state index in [2.05, 4.69) is 31.0 Å². The Morgan fingerprint density at radius 2 is 2.38 bits per heavy atom. The summed E-state index contributed by atoms with van der Waals surface area (Å²) >= 11 is 1.46. The lowest BCUT2D eigenvalue weighted by molar-refractivity contribution is -0.111. The molecule has 0 bridgehead atoms. The highest BCUT2D eigenvalue weighted by Crippen LogP contribution is 2.42. The van der Waals surface area contributed by atoms with Crippen molar-refractivity contribution >= 4 is 17.2 Å². The van der Waals surface area contributed by atoms with E-state index >= 15 is 0 Å². The monoisotopic (exact) mass is 306 g/mol. The van der Waals surface area contributed by atoms with Crippen molar-refractivity contribution in [3.05, 3.63) is 21.9 Å². The highest BCUT2D eigenvalue weighted by molar-refractivity contribution is 7.10. The fourth-order valence-corrected chi connectivity index (χ4v) is 3.27. The van der Waals surface area contributed by atoms with Gasteiger partial charge in [0.05, 0.1) is 23.1 Å². The second-order valence-electron chi connectivity index (χ2n) is 5.73. The number of thiophene rings is 1. The van der Waals surface area contributed by atoms with Crippen LogP contribution in [0.25, 0.3) is 0 Å². The predicted molar refractivity (Wildman–Crippen MR) is 85.3 cm³/mol. The molecule has 1 amide bonds. The summed E-state index contributed by atoms with van der Waals surface area (Å²) in [6.45, 7) is 7.30. The molecule has 4 nitrogen and oxygen atoms in total. The Balaban J connectivity index is 1.95. The van der Waals surface area contributed by atoms with E-state index in [0.717, 1.165) is 11.3 Å². The molecule has 114 valence electrons. The number of carbonyl (C=O) groups is 1. The lowest BCUT2D eigenvalue weighted by atomic mass is 9.64. The third-order valence-corrected chi connectivity index (χ3v) is 4.87. The molecule has 0 aromatic carbocycles. The molecule has 3 N–H and O–H groups in total. The van der Waals surface area contributed by atoms with Crippen LogP contribution in [0.4, 0.5) is 0 Å². The lowest BCUT2D eigenvalue weighted by Crippen LogP contribution is -2.62. The van der Waals surface area contributed by atoms with Crippen LogP contribution in [-0.2, 0) is 4.74 Å². The summed E-state index contributed by atoms with van der Waals surface area (Å²) in [5.41, 5.74) is 5.98. The molecular weight excluding hydrogens is 284 g/mol. The van der Waals surface area contributed by atoms with Crippen LogP contribution in [-0.4, -0.2) is 31.2 Å². The number of amides is 1. The van der Waals surface area contributed by atoms with Gasteiger partial charge in [-0.1, -0.05) is 25.7 Å². The van der Waals surface area contributed by atoms with Crippen molar-refractivity contribution in [3.8, 4) is 11.8 Å². The molecular formula is C16H22N2O2S. The number of ether oxygens (including phenoxy) is 1. The highest BCUT2D eigenvalue weighted by Gasteiger charge is 2.49. The zero-order valence-corrected chi connectivity index (χ0v) is 13.5. The fraction of sp³-hybridized carbons (Fsp3) is 0.562. The Morgan fingerprint density at radius 1 is 1.62 bits per heavy atom. The smallest absolute Gasteiger partial charge is 0.252 e. The second-order valence-corrected chi connectivity index (χ2v) is 6.64. The van der Waals surface area contributed by atoms with E-state index in [1.807, 2.05) is 18.4 Å². The van der Waals surface area contributed by atoms with Crippen molar-refractivity contribution in [3.63, 3.8) is 0 Å². The summed E-state index contributed by atoms with van der Waals surface area (Å²) < 4.78 is 5.68. The second kappa shape index (κ2) is 6.61. The van der Waals surface area contributed by atoms with Gasteiger partial charge in [0.2, 0.25) is 0 Å². The van der Waals surface area contributed by atoms with Gasteiger partial charge in [-0.15, -0.1) is 11.3 Å². The molecule has 0 radical (unpaired) electrons. The van der Waals surface area contributed by atoms with Crippen molar-refractivity contribution in [1.82, 2.24) is 5.32 Å². The fourth-order valence-electron chi connectivity index (χ4n) is 2.51. The van der Waals surface area contributed by atoms with Crippen LogP contribution in [0, 0.1) is 17.3 Å². The SMILES string of the molecule is CCOC1CC(NC(=O)c2csc(C#CCN)c2)C1(C)C. The number of nitrogens with two attached hydrogens (primary N) is 1. The molecule has 1 heterocycles. The molecule has 1 aliphatic carbocycles. The van der Waals surface area contributed by atoms with Gasteiger partial charge in [-0.2, -0.15) is 0 Å².